The van der Waals surface area contributed by atoms with Gasteiger partial charge in [-0.05, 0) is 30.7 Å². The number of piperidine rings is 1. The number of aryl methyl sites for hydroxylation is 1. The number of ether oxygens (including phenoxy) is 3. The van der Waals surface area contributed by atoms with Crippen LogP contribution in [0.15, 0.2) is 30.3 Å². The number of carbonyl (C=O) groups is 1. The summed E-state index contributed by atoms with van der Waals surface area (Å²) in [6, 6.07) is 10.1. The van der Waals surface area contributed by atoms with Gasteiger partial charge in [0.15, 0.2) is 11.5 Å². The van der Waals surface area contributed by atoms with E-state index >= 15 is 0 Å². The van der Waals surface area contributed by atoms with Crippen LogP contribution in [0.25, 0.3) is 0 Å². The Morgan fingerprint density at radius 1 is 1.07 bits per heavy atom. The van der Waals surface area contributed by atoms with E-state index in [1.165, 1.54) is 16.0 Å². The average molecular weight is 397 g/mol. The first-order valence-electron chi connectivity index (χ1n) is 10.0. The Balaban J connectivity index is 1.79. The van der Waals surface area contributed by atoms with Crippen molar-refractivity contribution in [2.75, 3.05) is 46.4 Å². The first-order chi connectivity index (χ1) is 14.0. The van der Waals surface area contributed by atoms with E-state index in [1.807, 2.05) is 4.90 Å². The van der Waals surface area contributed by atoms with E-state index in [0.717, 1.165) is 25.2 Å². The van der Waals surface area contributed by atoms with Crippen molar-refractivity contribution in [1.29, 1.82) is 0 Å². The van der Waals surface area contributed by atoms with E-state index in [4.69, 9.17) is 14.2 Å². The lowest BCUT2D eigenvalue weighted by Crippen LogP contribution is -3.11. The lowest BCUT2D eigenvalue weighted by Gasteiger charge is -2.34. The minimum Gasteiger partial charge on any atom is -0.493 e. The molecule has 2 aromatic rings. The molecule has 2 aliphatic rings. The minimum atomic E-state index is -0.0265. The van der Waals surface area contributed by atoms with Crippen molar-refractivity contribution in [3.8, 4) is 17.2 Å². The van der Waals surface area contributed by atoms with Gasteiger partial charge in [0.2, 0.25) is 5.75 Å². The molecule has 6 heteroatoms. The molecule has 2 heterocycles. The molecule has 0 spiro atoms. The minimum absolute atomic E-state index is 0.0265. The second-order valence-electron chi connectivity index (χ2n) is 8.03. The van der Waals surface area contributed by atoms with Crippen LogP contribution in [-0.4, -0.2) is 53.4 Å². The largest absolute Gasteiger partial charge is 0.493 e. The molecule has 0 aliphatic carbocycles. The molecule has 0 radical (unpaired) electrons. The molecule has 4 rings (SSSR count). The fraction of sp³-hybridized carbons (Fsp3) is 0.435. The molecule has 3 atom stereocenters. The zero-order chi connectivity index (χ0) is 20.7. The van der Waals surface area contributed by atoms with Gasteiger partial charge in [-0.3, -0.25) is 4.79 Å². The number of rotatable bonds is 4. The fourth-order valence-electron chi connectivity index (χ4n) is 4.81. The zero-order valence-corrected chi connectivity index (χ0v) is 17.7. The maximum absolute atomic E-state index is 13.7. The molecule has 2 aliphatic heterocycles. The van der Waals surface area contributed by atoms with E-state index in [1.54, 1.807) is 33.5 Å². The number of hydrogen-bond acceptors (Lipinski definition) is 4. The van der Waals surface area contributed by atoms with Gasteiger partial charge in [-0.25, -0.2) is 0 Å². The van der Waals surface area contributed by atoms with Gasteiger partial charge >= 0.3 is 0 Å². The molecule has 0 bridgehead atoms. The van der Waals surface area contributed by atoms with Gasteiger partial charge in [-0.15, -0.1) is 0 Å². The molecule has 1 amide bonds. The average Bonchev–Trinajstić information content (AvgIpc) is 3.04. The van der Waals surface area contributed by atoms with Gasteiger partial charge in [0, 0.05) is 17.7 Å². The highest BCUT2D eigenvalue weighted by atomic mass is 16.5. The second kappa shape index (κ2) is 7.59. The Kier molecular flexibility index (Phi) is 5.13. The highest BCUT2D eigenvalue weighted by Crippen LogP contribution is 2.45. The lowest BCUT2D eigenvalue weighted by atomic mass is 9.88. The van der Waals surface area contributed by atoms with E-state index < -0.39 is 0 Å². The molecule has 1 saturated heterocycles. The number of likely N-dealkylation sites (N-methyl/N-ethyl adjacent to an activating group) is 1. The standard InChI is InChI=1S/C23H28N2O4/c1-14-6-7-18-16(10-14)17-13-24(2)9-8-19(17)25(18)23(26)15-11-20(27-3)22(29-5)21(12-15)28-4/h6-7,10-12,17,19H,8-9,13H2,1-5H3/p+1/t17-,19-/m1/s1. The predicted molar refractivity (Wildman–Crippen MR) is 112 cm³/mol. The number of anilines is 1. The summed E-state index contributed by atoms with van der Waals surface area (Å²) in [5.41, 5.74) is 4.08. The Hall–Kier alpha value is -2.73. The number of nitrogens with one attached hydrogen (secondary N) is 1. The summed E-state index contributed by atoms with van der Waals surface area (Å²) >= 11 is 0. The number of benzene rings is 2. The normalized spacial score (nSPS) is 22.7. The quantitative estimate of drug-likeness (QED) is 0.858. The second-order valence-corrected chi connectivity index (χ2v) is 8.03. The summed E-state index contributed by atoms with van der Waals surface area (Å²) in [7, 11) is 6.92. The van der Waals surface area contributed by atoms with Gasteiger partial charge in [-0.1, -0.05) is 17.7 Å². The van der Waals surface area contributed by atoms with Crippen LogP contribution in [-0.2, 0) is 0 Å². The topological polar surface area (TPSA) is 52.4 Å². The molecule has 0 aromatic heterocycles. The van der Waals surface area contributed by atoms with Crippen molar-refractivity contribution in [2.45, 2.75) is 25.3 Å². The third kappa shape index (κ3) is 3.21. The Labute approximate surface area is 172 Å². The number of methoxy groups -OCH3 is 3. The number of likely N-dealkylation sites (tertiary alicyclic amines) is 1. The third-order valence-electron chi connectivity index (χ3n) is 6.20. The number of carbonyl (C=O) groups excluding carboxylic acids is 1. The Morgan fingerprint density at radius 3 is 2.38 bits per heavy atom. The van der Waals surface area contributed by atoms with Crippen LogP contribution in [0.3, 0.4) is 0 Å². The van der Waals surface area contributed by atoms with E-state index in [9.17, 15) is 4.79 Å². The summed E-state index contributed by atoms with van der Waals surface area (Å²) in [6.45, 7) is 4.21. The monoisotopic (exact) mass is 397 g/mol. The van der Waals surface area contributed by atoms with Gasteiger partial charge < -0.3 is 24.0 Å². The summed E-state index contributed by atoms with van der Waals surface area (Å²) in [5.74, 6) is 1.81. The number of amides is 1. The van der Waals surface area contributed by atoms with Gasteiger partial charge in [-0.2, -0.15) is 0 Å². The molecule has 154 valence electrons. The van der Waals surface area contributed by atoms with Gasteiger partial charge in [0.1, 0.15) is 0 Å². The Bertz CT molecular complexity index is 917. The van der Waals surface area contributed by atoms with Crippen LogP contribution < -0.4 is 24.0 Å². The van der Waals surface area contributed by atoms with Crippen molar-refractivity contribution < 1.29 is 23.9 Å². The first-order valence-corrected chi connectivity index (χ1v) is 10.0. The summed E-state index contributed by atoms with van der Waals surface area (Å²) in [6.07, 6.45) is 0.987. The van der Waals surface area contributed by atoms with Crippen LogP contribution in [0.1, 0.15) is 33.8 Å². The number of nitrogens with zero attached hydrogens (tertiary/aromatic N) is 1. The molecule has 29 heavy (non-hydrogen) atoms. The number of quaternary nitrogens is 1. The molecule has 1 fully saturated rings. The third-order valence-corrected chi connectivity index (χ3v) is 6.20. The molecule has 6 nitrogen and oxygen atoms in total. The van der Waals surface area contributed by atoms with Gasteiger partial charge in [0.05, 0.1) is 53.4 Å². The number of fused-ring (bicyclic) bond motifs is 3. The van der Waals surface area contributed by atoms with E-state index in [-0.39, 0.29) is 11.9 Å². The predicted octanol–water partition coefficient (Wildman–Crippen LogP) is 2.05. The lowest BCUT2D eigenvalue weighted by molar-refractivity contribution is -0.886. The smallest absolute Gasteiger partial charge is 0.258 e. The molecular weight excluding hydrogens is 368 g/mol. The summed E-state index contributed by atoms with van der Waals surface area (Å²) < 4.78 is 16.3. The van der Waals surface area contributed by atoms with Crippen LogP contribution >= 0.6 is 0 Å². The van der Waals surface area contributed by atoms with Crippen LogP contribution in [0.2, 0.25) is 0 Å². The van der Waals surface area contributed by atoms with Crippen molar-refractivity contribution in [3.05, 3.63) is 47.0 Å². The molecule has 1 N–H and O–H groups in total. The van der Waals surface area contributed by atoms with Crippen molar-refractivity contribution in [3.63, 3.8) is 0 Å². The summed E-state index contributed by atoms with van der Waals surface area (Å²) in [5, 5.41) is 0. The highest BCUT2D eigenvalue weighted by Gasteiger charge is 2.46. The molecule has 1 unspecified atom stereocenters. The van der Waals surface area contributed by atoms with Gasteiger partial charge in [0.25, 0.3) is 5.91 Å². The maximum Gasteiger partial charge on any atom is 0.258 e. The SMILES string of the molecule is COc1cc(C(=O)N2c3ccc(C)cc3[C@H]3C[NH+](C)CC[C@H]32)cc(OC)c1OC. The van der Waals surface area contributed by atoms with Crippen LogP contribution in [0.4, 0.5) is 5.69 Å². The van der Waals surface area contributed by atoms with Crippen molar-refractivity contribution in [2.24, 2.45) is 0 Å². The van der Waals surface area contributed by atoms with Crippen LogP contribution in [0, 0.1) is 6.92 Å². The highest BCUT2D eigenvalue weighted by molar-refractivity contribution is 6.08. The zero-order valence-electron chi connectivity index (χ0n) is 17.7. The summed E-state index contributed by atoms with van der Waals surface area (Å²) in [4.78, 5) is 17.2. The molecule has 2 aromatic carbocycles. The maximum atomic E-state index is 13.7. The van der Waals surface area contributed by atoms with Crippen LogP contribution in [0.5, 0.6) is 17.2 Å². The molecular formula is C23H29N2O4+. The van der Waals surface area contributed by atoms with Crippen molar-refractivity contribution in [1.82, 2.24) is 0 Å². The number of hydrogen-bond donors (Lipinski definition) is 1. The van der Waals surface area contributed by atoms with Crippen molar-refractivity contribution >= 4 is 11.6 Å². The fourth-order valence-corrected chi connectivity index (χ4v) is 4.81. The first kappa shape index (κ1) is 19.6. The Morgan fingerprint density at radius 2 is 1.76 bits per heavy atom. The van der Waals surface area contributed by atoms with E-state index in [2.05, 4.69) is 32.2 Å². The van der Waals surface area contributed by atoms with E-state index in [0.29, 0.717) is 28.7 Å². The molecule has 0 saturated carbocycles.